The Morgan fingerprint density at radius 3 is 2.60 bits per heavy atom. The van der Waals surface area contributed by atoms with Gasteiger partial charge in [-0.2, -0.15) is 0 Å². The van der Waals surface area contributed by atoms with Gasteiger partial charge < -0.3 is 9.88 Å². The maximum atomic E-state index is 12.5. The number of anilines is 1. The lowest BCUT2D eigenvalue weighted by Gasteiger charge is -2.32. The quantitative estimate of drug-likeness (QED) is 0.605. The summed E-state index contributed by atoms with van der Waals surface area (Å²) in [7, 11) is 0. The molecule has 1 aliphatic rings. The summed E-state index contributed by atoms with van der Waals surface area (Å²) in [5.74, 6) is 0.438. The van der Waals surface area contributed by atoms with E-state index in [1.54, 1.807) is 23.0 Å². The second-order valence-electron chi connectivity index (χ2n) is 7.78. The molecule has 2 aromatic carbocycles. The number of hydrogen-bond acceptors (Lipinski definition) is 4. The van der Waals surface area contributed by atoms with Crippen molar-refractivity contribution < 1.29 is 0 Å². The molecule has 3 aromatic rings. The van der Waals surface area contributed by atoms with Gasteiger partial charge >= 0.3 is 0 Å². The van der Waals surface area contributed by atoms with Crippen LogP contribution in [0.5, 0.6) is 0 Å². The summed E-state index contributed by atoms with van der Waals surface area (Å²) in [6, 6.07) is 19.6. The molecule has 1 saturated heterocycles. The molecule has 1 fully saturated rings. The van der Waals surface area contributed by atoms with Crippen LogP contribution < -0.4 is 10.9 Å². The lowest BCUT2D eigenvalue weighted by atomic mass is 10.0. The second kappa shape index (κ2) is 9.55. The first-order chi connectivity index (χ1) is 14.7. The second-order valence-corrected chi connectivity index (χ2v) is 7.78. The number of nitrogens with one attached hydrogen (secondary N) is 1. The number of hydrogen-bond donors (Lipinski definition) is 1. The lowest BCUT2D eigenvalue weighted by molar-refractivity contribution is 0.211. The largest absolute Gasteiger partial charge is 0.363 e. The van der Waals surface area contributed by atoms with Gasteiger partial charge in [-0.1, -0.05) is 54.6 Å². The van der Waals surface area contributed by atoms with Crippen molar-refractivity contribution in [3.8, 4) is 11.1 Å². The van der Waals surface area contributed by atoms with E-state index in [2.05, 4.69) is 70.3 Å². The molecule has 1 aromatic heterocycles. The average molecular weight is 401 g/mol. The van der Waals surface area contributed by atoms with Crippen LogP contribution >= 0.6 is 0 Å². The van der Waals surface area contributed by atoms with E-state index < -0.39 is 0 Å². The minimum absolute atomic E-state index is 0.0856. The Morgan fingerprint density at radius 2 is 1.83 bits per heavy atom. The van der Waals surface area contributed by atoms with Crippen molar-refractivity contribution in [3.63, 3.8) is 0 Å². The highest BCUT2D eigenvalue weighted by Gasteiger charge is 2.20. The first-order valence-electron chi connectivity index (χ1n) is 10.5. The molecule has 0 aliphatic carbocycles. The zero-order valence-electron chi connectivity index (χ0n) is 17.2. The van der Waals surface area contributed by atoms with Crippen LogP contribution in [0.25, 0.3) is 11.1 Å². The third kappa shape index (κ3) is 4.86. The van der Waals surface area contributed by atoms with Crippen LogP contribution in [0, 0.1) is 0 Å². The van der Waals surface area contributed by atoms with Gasteiger partial charge in [0.05, 0.1) is 0 Å². The van der Waals surface area contributed by atoms with E-state index in [1.807, 2.05) is 6.07 Å². The maximum Gasteiger partial charge on any atom is 0.293 e. The van der Waals surface area contributed by atoms with Crippen LogP contribution in [0.4, 0.5) is 5.82 Å². The number of piperidine rings is 1. The SMILES string of the molecule is C=CCn1ccnc(NC2CCN(Cc3cccc(-c4ccccc4)c3)CC2)c1=O. The molecule has 0 spiro atoms. The molecular weight excluding hydrogens is 372 g/mol. The Hall–Kier alpha value is -3.18. The molecule has 0 unspecified atom stereocenters. The first kappa shape index (κ1) is 20.1. The molecule has 1 N–H and O–H groups in total. The molecule has 4 rings (SSSR count). The number of aromatic nitrogens is 2. The molecule has 30 heavy (non-hydrogen) atoms. The fraction of sp³-hybridized carbons (Fsp3) is 0.280. The summed E-state index contributed by atoms with van der Waals surface area (Å²) < 4.78 is 1.62. The van der Waals surface area contributed by atoms with Crippen LogP contribution in [0.15, 0.2) is 84.4 Å². The standard InChI is InChI=1S/C25H28N4O/c1-2-14-29-17-13-26-24(25(29)30)27-23-11-15-28(16-12-23)19-20-7-6-10-22(18-20)21-8-4-3-5-9-21/h2-10,13,17-18,23H,1,11-12,14-16,19H2,(H,26,27). The highest BCUT2D eigenvalue weighted by molar-refractivity contribution is 5.63. The van der Waals surface area contributed by atoms with Gasteiger partial charge in [0.25, 0.3) is 5.56 Å². The lowest BCUT2D eigenvalue weighted by Crippen LogP contribution is -2.40. The molecule has 2 heterocycles. The highest BCUT2D eigenvalue weighted by Crippen LogP contribution is 2.22. The summed E-state index contributed by atoms with van der Waals surface area (Å²) >= 11 is 0. The van der Waals surface area contributed by atoms with Gasteiger partial charge in [-0.3, -0.25) is 9.69 Å². The minimum atomic E-state index is -0.0856. The summed E-state index contributed by atoms with van der Waals surface area (Å²) in [5.41, 5.74) is 3.76. The van der Waals surface area contributed by atoms with Crippen LogP contribution in [0.3, 0.4) is 0 Å². The van der Waals surface area contributed by atoms with Gasteiger partial charge in [-0.05, 0) is 35.6 Å². The van der Waals surface area contributed by atoms with Crippen molar-refractivity contribution in [2.45, 2.75) is 32.0 Å². The van der Waals surface area contributed by atoms with E-state index >= 15 is 0 Å². The van der Waals surface area contributed by atoms with E-state index in [1.165, 1.54) is 16.7 Å². The normalized spacial score (nSPS) is 15.1. The fourth-order valence-electron chi connectivity index (χ4n) is 4.00. The molecular formula is C25H28N4O. The predicted molar refractivity (Wildman–Crippen MR) is 122 cm³/mol. The van der Waals surface area contributed by atoms with Crippen molar-refractivity contribution in [1.29, 1.82) is 0 Å². The number of nitrogens with zero attached hydrogens (tertiary/aromatic N) is 3. The van der Waals surface area contributed by atoms with Crippen LogP contribution in [0.2, 0.25) is 0 Å². The van der Waals surface area contributed by atoms with Crippen molar-refractivity contribution in [1.82, 2.24) is 14.5 Å². The Morgan fingerprint density at radius 1 is 1.07 bits per heavy atom. The zero-order chi connectivity index (χ0) is 20.8. The molecule has 0 bridgehead atoms. The van der Waals surface area contributed by atoms with Gasteiger partial charge in [0.15, 0.2) is 5.82 Å². The molecule has 1 aliphatic heterocycles. The van der Waals surface area contributed by atoms with E-state index in [-0.39, 0.29) is 11.6 Å². The maximum absolute atomic E-state index is 12.5. The number of allylic oxidation sites excluding steroid dienone is 1. The molecule has 5 heteroatoms. The molecule has 154 valence electrons. The van der Waals surface area contributed by atoms with E-state index in [0.29, 0.717) is 12.4 Å². The van der Waals surface area contributed by atoms with Gasteiger partial charge in [-0.25, -0.2) is 4.98 Å². The number of likely N-dealkylation sites (tertiary alicyclic amines) is 1. The molecule has 0 amide bonds. The highest BCUT2D eigenvalue weighted by atomic mass is 16.1. The summed E-state index contributed by atoms with van der Waals surface area (Å²) in [5, 5.41) is 3.36. The Bertz CT molecular complexity index is 1040. The molecule has 5 nitrogen and oxygen atoms in total. The summed E-state index contributed by atoms with van der Waals surface area (Å²) in [6.45, 7) is 7.15. The van der Waals surface area contributed by atoms with Crippen LogP contribution in [-0.4, -0.2) is 33.6 Å². The molecule has 0 radical (unpaired) electrons. The van der Waals surface area contributed by atoms with E-state index in [4.69, 9.17) is 0 Å². The molecule has 0 saturated carbocycles. The molecule has 0 atom stereocenters. The van der Waals surface area contributed by atoms with Crippen LogP contribution in [0.1, 0.15) is 18.4 Å². The Kier molecular flexibility index (Phi) is 6.40. The van der Waals surface area contributed by atoms with E-state index in [0.717, 1.165) is 32.5 Å². The van der Waals surface area contributed by atoms with E-state index in [9.17, 15) is 4.79 Å². The topological polar surface area (TPSA) is 50.2 Å². The van der Waals surface area contributed by atoms with Crippen molar-refractivity contribution in [2.24, 2.45) is 0 Å². The average Bonchev–Trinajstić information content (AvgIpc) is 2.79. The smallest absolute Gasteiger partial charge is 0.293 e. The van der Waals surface area contributed by atoms with Gasteiger partial charge in [-0.15, -0.1) is 6.58 Å². The number of rotatable bonds is 7. The zero-order valence-corrected chi connectivity index (χ0v) is 17.2. The van der Waals surface area contributed by atoms with Crippen molar-refractivity contribution in [3.05, 3.63) is 95.6 Å². The minimum Gasteiger partial charge on any atom is -0.363 e. The third-order valence-electron chi connectivity index (χ3n) is 5.61. The van der Waals surface area contributed by atoms with Crippen molar-refractivity contribution >= 4 is 5.82 Å². The third-order valence-corrected chi connectivity index (χ3v) is 5.61. The Labute approximate surface area is 177 Å². The summed E-state index contributed by atoms with van der Waals surface area (Å²) in [6.07, 6.45) is 7.08. The fourth-order valence-corrected chi connectivity index (χ4v) is 4.00. The first-order valence-corrected chi connectivity index (χ1v) is 10.5. The summed E-state index contributed by atoms with van der Waals surface area (Å²) in [4.78, 5) is 19.2. The Balaban J connectivity index is 1.34. The monoisotopic (exact) mass is 400 g/mol. The van der Waals surface area contributed by atoms with Gasteiger partial charge in [0.2, 0.25) is 0 Å². The van der Waals surface area contributed by atoms with Crippen molar-refractivity contribution in [2.75, 3.05) is 18.4 Å². The van der Waals surface area contributed by atoms with Gasteiger partial charge in [0.1, 0.15) is 0 Å². The predicted octanol–water partition coefficient (Wildman–Crippen LogP) is 4.17. The van der Waals surface area contributed by atoms with Gasteiger partial charge in [0, 0.05) is 44.6 Å². The van der Waals surface area contributed by atoms with Crippen LogP contribution in [-0.2, 0) is 13.1 Å². The number of benzene rings is 2.